The lowest BCUT2D eigenvalue weighted by Crippen LogP contribution is -2.55. The maximum absolute atomic E-state index is 9.75. The molecule has 0 bridgehead atoms. The van der Waals surface area contributed by atoms with Gasteiger partial charge in [-0.15, -0.1) is 0 Å². The first-order valence-corrected chi connectivity index (χ1v) is 7.14. The monoisotopic (exact) mass is 234 g/mol. The minimum absolute atomic E-state index is 0.165. The molecule has 96 valence electrons. The van der Waals surface area contributed by atoms with Crippen LogP contribution in [0.15, 0.2) is 0 Å². The average molecular weight is 234 g/mol. The average Bonchev–Trinajstić information content (AvgIpc) is 2.27. The highest BCUT2D eigenvalue weighted by atomic mass is 15.2. The Balaban J connectivity index is 2.20. The molecule has 1 heterocycles. The molecule has 2 rings (SSSR count). The number of rotatable bonds is 1. The third kappa shape index (κ3) is 2.65. The van der Waals surface area contributed by atoms with E-state index in [1.54, 1.807) is 0 Å². The second kappa shape index (κ2) is 4.61. The normalized spacial score (nSPS) is 38.6. The Kier molecular flexibility index (Phi) is 3.50. The molecule has 1 aliphatic carbocycles. The van der Waals surface area contributed by atoms with E-state index in [1.165, 1.54) is 25.7 Å². The van der Waals surface area contributed by atoms with E-state index in [9.17, 15) is 5.26 Å². The lowest BCUT2D eigenvalue weighted by atomic mass is 9.64. The van der Waals surface area contributed by atoms with Crippen LogP contribution in [-0.4, -0.2) is 23.5 Å². The van der Waals surface area contributed by atoms with E-state index < -0.39 is 0 Å². The molecule has 0 spiro atoms. The van der Waals surface area contributed by atoms with Crippen molar-refractivity contribution in [3.05, 3.63) is 0 Å². The first kappa shape index (κ1) is 12.9. The van der Waals surface area contributed by atoms with Crippen LogP contribution in [0.5, 0.6) is 0 Å². The summed E-state index contributed by atoms with van der Waals surface area (Å²) in [6, 6.07) is 2.70. The summed E-state index contributed by atoms with van der Waals surface area (Å²) in [5.41, 5.74) is 0.159. The van der Waals surface area contributed by atoms with Gasteiger partial charge in [-0.1, -0.05) is 27.2 Å². The quantitative estimate of drug-likeness (QED) is 0.693. The fourth-order valence-corrected chi connectivity index (χ4v) is 4.25. The number of nitriles is 1. The molecule has 0 aromatic heterocycles. The Morgan fingerprint density at radius 1 is 1.12 bits per heavy atom. The Labute approximate surface area is 106 Å². The van der Waals surface area contributed by atoms with E-state index in [0.717, 1.165) is 25.9 Å². The minimum atomic E-state index is -0.165. The van der Waals surface area contributed by atoms with Gasteiger partial charge in [0, 0.05) is 0 Å². The molecule has 2 fully saturated rings. The molecule has 1 aliphatic heterocycles. The van der Waals surface area contributed by atoms with Crippen molar-refractivity contribution in [3.8, 4) is 6.07 Å². The lowest BCUT2D eigenvalue weighted by Gasteiger charge is -2.50. The van der Waals surface area contributed by atoms with Crippen LogP contribution in [0.4, 0.5) is 0 Å². The van der Waals surface area contributed by atoms with Crippen molar-refractivity contribution in [2.75, 3.05) is 13.1 Å². The van der Waals surface area contributed by atoms with Gasteiger partial charge in [-0.05, 0) is 56.5 Å². The standard InChI is InChI=1S/C15H26N2/c1-13-9-14(2,3)11-15(10-13,12-16)17-7-5-4-6-8-17/h13H,4-11H2,1-3H3. The van der Waals surface area contributed by atoms with E-state index in [4.69, 9.17) is 0 Å². The van der Waals surface area contributed by atoms with Crippen LogP contribution in [0.3, 0.4) is 0 Å². The number of likely N-dealkylation sites (tertiary alicyclic amines) is 1. The fourth-order valence-electron chi connectivity index (χ4n) is 4.25. The Morgan fingerprint density at radius 2 is 1.76 bits per heavy atom. The van der Waals surface area contributed by atoms with Gasteiger partial charge in [0.25, 0.3) is 0 Å². The molecule has 1 saturated carbocycles. The molecule has 2 nitrogen and oxygen atoms in total. The van der Waals surface area contributed by atoms with Crippen molar-refractivity contribution in [1.29, 1.82) is 5.26 Å². The second-order valence-electron chi connectivity index (χ2n) is 7.05. The summed E-state index contributed by atoms with van der Waals surface area (Å²) < 4.78 is 0. The van der Waals surface area contributed by atoms with Crippen LogP contribution < -0.4 is 0 Å². The smallest absolute Gasteiger partial charge is 0.110 e. The molecule has 0 aromatic rings. The Morgan fingerprint density at radius 3 is 2.29 bits per heavy atom. The molecule has 0 radical (unpaired) electrons. The van der Waals surface area contributed by atoms with E-state index in [0.29, 0.717) is 11.3 Å². The molecule has 0 aromatic carbocycles. The number of hydrogen-bond acceptors (Lipinski definition) is 2. The maximum atomic E-state index is 9.75. The van der Waals surface area contributed by atoms with Gasteiger partial charge in [-0.25, -0.2) is 0 Å². The summed E-state index contributed by atoms with van der Waals surface area (Å²) in [5, 5.41) is 9.75. The van der Waals surface area contributed by atoms with Crippen LogP contribution in [-0.2, 0) is 0 Å². The molecular weight excluding hydrogens is 208 g/mol. The predicted molar refractivity (Wildman–Crippen MR) is 70.6 cm³/mol. The van der Waals surface area contributed by atoms with Crippen LogP contribution in [0.1, 0.15) is 59.3 Å². The SMILES string of the molecule is CC1CC(C)(C)CC(C#N)(N2CCCCC2)C1. The van der Waals surface area contributed by atoms with E-state index in [2.05, 4.69) is 31.7 Å². The fraction of sp³-hybridized carbons (Fsp3) is 0.933. The molecule has 17 heavy (non-hydrogen) atoms. The lowest BCUT2D eigenvalue weighted by molar-refractivity contribution is 0.00973. The molecule has 2 aliphatic rings. The molecule has 1 saturated heterocycles. The number of nitrogens with zero attached hydrogens (tertiary/aromatic N) is 2. The summed E-state index contributed by atoms with van der Waals surface area (Å²) in [4.78, 5) is 2.49. The molecule has 0 N–H and O–H groups in total. The zero-order valence-corrected chi connectivity index (χ0v) is 11.6. The van der Waals surface area contributed by atoms with Crippen molar-refractivity contribution < 1.29 is 0 Å². The van der Waals surface area contributed by atoms with Gasteiger partial charge in [-0.3, -0.25) is 4.90 Å². The van der Waals surface area contributed by atoms with Gasteiger partial charge in [0.1, 0.15) is 5.54 Å². The molecule has 2 heteroatoms. The van der Waals surface area contributed by atoms with Gasteiger partial charge in [0.05, 0.1) is 6.07 Å². The third-order valence-corrected chi connectivity index (χ3v) is 4.53. The molecular formula is C15H26N2. The summed E-state index contributed by atoms with van der Waals surface area (Å²) >= 11 is 0. The van der Waals surface area contributed by atoms with Crippen LogP contribution in [0, 0.1) is 22.7 Å². The van der Waals surface area contributed by atoms with Crippen molar-refractivity contribution >= 4 is 0 Å². The van der Waals surface area contributed by atoms with E-state index in [-0.39, 0.29) is 5.54 Å². The van der Waals surface area contributed by atoms with Crippen LogP contribution in [0.25, 0.3) is 0 Å². The Hall–Kier alpha value is -0.550. The van der Waals surface area contributed by atoms with Crippen molar-refractivity contribution in [2.45, 2.75) is 64.8 Å². The van der Waals surface area contributed by atoms with Crippen LogP contribution >= 0.6 is 0 Å². The van der Waals surface area contributed by atoms with Crippen LogP contribution in [0.2, 0.25) is 0 Å². The molecule has 2 unspecified atom stereocenters. The third-order valence-electron chi connectivity index (χ3n) is 4.53. The zero-order chi connectivity index (χ0) is 12.5. The summed E-state index contributed by atoms with van der Waals surface area (Å²) in [5.74, 6) is 0.681. The molecule has 2 atom stereocenters. The highest BCUT2D eigenvalue weighted by Crippen LogP contribution is 2.46. The van der Waals surface area contributed by atoms with Gasteiger partial charge >= 0.3 is 0 Å². The maximum Gasteiger partial charge on any atom is 0.110 e. The number of hydrogen-bond donors (Lipinski definition) is 0. The summed E-state index contributed by atoms with van der Waals surface area (Å²) in [6.07, 6.45) is 7.30. The first-order valence-electron chi connectivity index (χ1n) is 7.14. The molecule has 0 amide bonds. The van der Waals surface area contributed by atoms with Gasteiger partial charge < -0.3 is 0 Å². The summed E-state index contributed by atoms with van der Waals surface area (Å²) in [6.45, 7) is 9.25. The van der Waals surface area contributed by atoms with Gasteiger partial charge in [-0.2, -0.15) is 5.26 Å². The van der Waals surface area contributed by atoms with E-state index >= 15 is 0 Å². The summed E-state index contributed by atoms with van der Waals surface area (Å²) in [7, 11) is 0. The van der Waals surface area contributed by atoms with Crippen molar-refractivity contribution in [2.24, 2.45) is 11.3 Å². The van der Waals surface area contributed by atoms with Crippen molar-refractivity contribution in [3.63, 3.8) is 0 Å². The topological polar surface area (TPSA) is 27.0 Å². The van der Waals surface area contributed by atoms with Gasteiger partial charge in [0.2, 0.25) is 0 Å². The predicted octanol–water partition coefficient (Wildman–Crippen LogP) is 3.58. The highest BCUT2D eigenvalue weighted by molar-refractivity contribution is 5.13. The first-order chi connectivity index (χ1) is 7.97. The minimum Gasteiger partial charge on any atom is -0.286 e. The zero-order valence-electron chi connectivity index (χ0n) is 11.6. The largest absolute Gasteiger partial charge is 0.286 e. The van der Waals surface area contributed by atoms with Gasteiger partial charge in [0.15, 0.2) is 0 Å². The Bertz CT molecular complexity index is 309. The highest BCUT2D eigenvalue weighted by Gasteiger charge is 2.46. The van der Waals surface area contributed by atoms with Crippen molar-refractivity contribution in [1.82, 2.24) is 4.90 Å². The van der Waals surface area contributed by atoms with E-state index in [1.807, 2.05) is 0 Å². The second-order valence-corrected chi connectivity index (χ2v) is 7.05. The number of piperidine rings is 1.